The van der Waals surface area contributed by atoms with E-state index in [1.165, 1.54) is 0 Å². The van der Waals surface area contributed by atoms with Gasteiger partial charge >= 0.3 is 18.9 Å². The number of rotatable bonds is 6. The van der Waals surface area contributed by atoms with Crippen molar-refractivity contribution in [1.29, 1.82) is 0 Å². The van der Waals surface area contributed by atoms with Gasteiger partial charge in [-0.1, -0.05) is 0 Å². The summed E-state index contributed by atoms with van der Waals surface area (Å²) in [5, 5.41) is 0. The molecule has 0 radical (unpaired) electrons. The van der Waals surface area contributed by atoms with Crippen molar-refractivity contribution in [2.24, 2.45) is 0 Å². The van der Waals surface area contributed by atoms with E-state index >= 15 is 0 Å². The van der Waals surface area contributed by atoms with Gasteiger partial charge in [0.15, 0.2) is 0 Å². The molecule has 2 nitrogen and oxygen atoms in total. The van der Waals surface area contributed by atoms with Gasteiger partial charge in [-0.25, -0.2) is 0 Å². The number of hydrogen-bond acceptors (Lipinski definition) is 2. The molecule has 0 atom stereocenters. The molecule has 0 unspecified atom stereocenters. The smallest absolute Gasteiger partial charge is 0.384 e. The summed E-state index contributed by atoms with van der Waals surface area (Å²) >= 11 is 0. The first-order valence-electron chi connectivity index (χ1n) is 3.79. The molecule has 0 amide bonds. The van der Waals surface area contributed by atoms with Crippen molar-refractivity contribution in [3.63, 3.8) is 0 Å². The van der Waals surface area contributed by atoms with Crippen molar-refractivity contribution in [2.75, 3.05) is 33.9 Å². The zero-order valence-electron chi connectivity index (χ0n) is 8.10. The maximum Gasteiger partial charge on any atom is 1.00 e. The van der Waals surface area contributed by atoms with Gasteiger partial charge < -0.3 is 16.6 Å². The van der Waals surface area contributed by atoms with E-state index in [0.717, 1.165) is 32.6 Å². The Morgan fingerprint density at radius 2 is 1.91 bits per heavy atom. The molecule has 11 heavy (non-hydrogen) atoms. The minimum Gasteiger partial charge on any atom is -0.384 e. The summed E-state index contributed by atoms with van der Waals surface area (Å²) in [5.41, 5.74) is 0. The predicted octanol–water partition coefficient (Wildman–Crippen LogP) is -1.82. The van der Waals surface area contributed by atoms with Crippen LogP contribution in [0.15, 0.2) is 0 Å². The third kappa shape index (κ3) is 13.5. The van der Waals surface area contributed by atoms with Crippen LogP contribution in [0.2, 0.25) is 0 Å². The number of nitrogens with zero attached hydrogens (tertiary/aromatic N) is 1. The molecule has 0 aromatic heterocycles. The fourth-order valence-electron chi connectivity index (χ4n) is 0.687. The molecule has 0 rings (SSSR count). The van der Waals surface area contributed by atoms with Crippen molar-refractivity contribution < 1.29 is 23.6 Å². The summed E-state index contributed by atoms with van der Waals surface area (Å²) in [6, 6.07) is 0. The van der Waals surface area contributed by atoms with Crippen LogP contribution in [0.25, 0.3) is 0 Å². The van der Waals surface area contributed by atoms with Crippen molar-refractivity contribution >= 4 is 0 Å². The Balaban J connectivity index is 0. The van der Waals surface area contributed by atoms with E-state index in [2.05, 4.69) is 25.9 Å². The van der Waals surface area contributed by atoms with Gasteiger partial charge in [-0.15, -0.1) is 0 Å². The molecule has 0 saturated carbocycles. The third-order valence-corrected chi connectivity index (χ3v) is 1.18. The first kappa shape index (κ1) is 14.1. The molecule has 0 aromatic rings. The molecular weight excluding hydrogens is 133 g/mol. The van der Waals surface area contributed by atoms with Crippen molar-refractivity contribution in [3.8, 4) is 0 Å². The van der Waals surface area contributed by atoms with Crippen LogP contribution in [0.5, 0.6) is 0 Å². The predicted molar refractivity (Wildman–Crippen MR) is 44.0 cm³/mol. The molecule has 62 valence electrons. The molecular formula is C8H18LiNO. The quantitative estimate of drug-likeness (QED) is 0.252. The first-order chi connectivity index (χ1) is 4.77. The fraction of sp³-hybridized carbons (Fsp3) is 0.875. The normalized spacial score (nSPS) is 9.82. The van der Waals surface area contributed by atoms with E-state index in [1.54, 1.807) is 0 Å². The zero-order valence-corrected chi connectivity index (χ0v) is 8.10. The molecule has 0 aromatic carbocycles. The van der Waals surface area contributed by atoms with E-state index in [-0.39, 0.29) is 18.9 Å². The molecule has 0 saturated heterocycles. The van der Waals surface area contributed by atoms with Crippen LogP contribution in [0.1, 0.15) is 12.8 Å². The summed E-state index contributed by atoms with van der Waals surface area (Å²) < 4.78 is 5.24. The second-order valence-electron chi connectivity index (χ2n) is 2.62. The van der Waals surface area contributed by atoms with E-state index in [4.69, 9.17) is 4.74 Å². The largest absolute Gasteiger partial charge is 1.00 e. The summed E-state index contributed by atoms with van der Waals surface area (Å²) in [6.07, 6.45) is 2.00. The molecule has 0 aliphatic carbocycles. The topological polar surface area (TPSA) is 12.5 Å². The minimum absolute atomic E-state index is 0. The monoisotopic (exact) mass is 151 g/mol. The van der Waals surface area contributed by atoms with Crippen LogP contribution in [0.3, 0.4) is 0 Å². The van der Waals surface area contributed by atoms with Gasteiger partial charge in [-0.3, -0.25) is 0 Å². The zero-order chi connectivity index (χ0) is 7.82. The Morgan fingerprint density at radius 1 is 1.27 bits per heavy atom. The van der Waals surface area contributed by atoms with E-state index in [0.29, 0.717) is 0 Å². The Hall–Kier alpha value is 0.517. The standard InChI is InChI=1S/C8H18NO.Li/c1-4-7-10-8-5-6-9(2)3;/h1,4-8H2,2-3H3;/q-1;+1. The van der Waals surface area contributed by atoms with Gasteiger partial charge in [0.1, 0.15) is 0 Å². The van der Waals surface area contributed by atoms with Gasteiger partial charge in [-0.05, 0) is 27.1 Å². The molecule has 0 bridgehead atoms. The van der Waals surface area contributed by atoms with E-state index in [9.17, 15) is 0 Å². The Bertz CT molecular complexity index is 69.1. The Labute approximate surface area is 82.5 Å². The van der Waals surface area contributed by atoms with Crippen LogP contribution in [0.4, 0.5) is 0 Å². The maximum absolute atomic E-state index is 5.24. The Morgan fingerprint density at radius 3 is 2.36 bits per heavy atom. The van der Waals surface area contributed by atoms with Crippen LogP contribution >= 0.6 is 0 Å². The summed E-state index contributed by atoms with van der Waals surface area (Å²) in [7, 11) is 4.14. The molecule has 0 N–H and O–H groups in total. The average Bonchev–Trinajstić information content (AvgIpc) is 1.87. The molecule has 3 heteroatoms. The molecule has 0 aliphatic heterocycles. The van der Waals surface area contributed by atoms with Crippen LogP contribution in [0, 0.1) is 6.92 Å². The summed E-state index contributed by atoms with van der Waals surface area (Å²) in [6.45, 7) is 6.46. The number of hydrogen-bond donors (Lipinski definition) is 0. The number of ether oxygens (including phenoxy) is 1. The van der Waals surface area contributed by atoms with E-state index in [1.807, 2.05) is 0 Å². The van der Waals surface area contributed by atoms with Gasteiger partial charge in [0.05, 0.1) is 0 Å². The first-order valence-corrected chi connectivity index (χ1v) is 3.79. The second kappa shape index (κ2) is 10.5. The van der Waals surface area contributed by atoms with Crippen molar-refractivity contribution in [2.45, 2.75) is 12.8 Å². The Kier molecular flexibility index (Phi) is 13.4. The molecule has 0 spiro atoms. The van der Waals surface area contributed by atoms with Gasteiger partial charge in [0.2, 0.25) is 0 Å². The van der Waals surface area contributed by atoms with Crippen LogP contribution < -0.4 is 18.9 Å². The van der Waals surface area contributed by atoms with Crippen molar-refractivity contribution in [1.82, 2.24) is 4.90 Å². The van der Waals surface area contributed by atoms with E-state index < -0.39 is 0 Å². The minimum atomic E-state index is 0. The van der Waals surface area contributed by atoms with Crippen molar-refractivity contribution in [3.05, 3.63) is 6.92 Å². The molecule has 0 heterocycles. The van der Waals surface area contributed by atoms with Gasteiger partial charge in [0.25, 0.3) is 0 Å². The molecule has 0 fully saturated rings. The third-order valence-electron chi connectivity index (χ3n) is 1.18. The maximum atomic E-state index is 5.24. The average molecular weight is 151 g/mol. The summed E-state index contributed by atoms with van der Waals surface area (Å²) in [5.74, 6) is 0. The van der Waals surface area contributed by atoms with Gasteiger partial charge in [-0.2, -0.15) is 6.42 Å². The summed E-state index contributed by atoms with van der Waals surface area (Å²) in [4.78, 5) is 2.16. The van der Waals surface area contributed by atoms with Crippen LogP contribution in [-0.4, -0.2) is 38.8 Å². The SMILES string of the molecule is [CH2-]CCOCCCN(C)C.[Li+]. The fourth-order valence-corrected chi connectivity index (χ4v) is 0.687. The van der Waals surface area contributed by atoms with Crippen LogP contribution in [-0.2, 0) is 4.74 Å². The second-order valence-corrected chi connectivity index (χ2v) is 2.62. The van der Waals surface area contributed by atoms with Gasteiger partial charge in [0, 0.05) is 13.2 Å². The molecule has 0 aliphatic rings.